The van der Waals surface area contributed by atoms with Gasteiger partial charge in [0.2, 0.25) is 0 Å². The summed E-state index contributed by atoms with van der Waals surface area (Å²) in [7, 11) is 0. The van der Waals surface area contributed by atoms with E-state index < -0.39 is 5.25 Å². The molecule has 0 amide bonds. The highest BCUT2D eigenvalue weighted by Gasteiger charge is 2.21. The molecule has 4 rings (SSSR count). The number of para-hydroxylation sites is 1. The largest absolute Gasteiger partial charge is 0.379 e. The average molecular weight is 472 g/mol. The molecular weight excluding hydrogens is 446 g/mol. The van der Waals surface area contributed by atoms with E-state index in [4.69, 9.17) is 21.3 Å². The molecule has 1 aliphatic heterocycles. The number of fused-ring (bicyclic) bond motifs is 1. The molecule has 0 spiro atoms. The lowest BCUT2D eigenvalue weighted by Gasteiger charge is -2.26. The molecule has 1 unspecified atom stereocenters. The zero-order valence-electron chi connectivity index (χ0n) is 18.0. The third-order valence-electron chi connectivity index (χ3n) is 5.55. The number of nitrogens with zero attached hydrogens (tertiary/aromatic N) is 3. The molecule has 0 aliphatic carbocycles. The molecule has 6 nitrogen and oxygen atoms in total. The van der Waals surface area contributed by atoms with Crippen LogP contribution in [0.2, 0.25) is 5.02 Å². The number of aromatic nitrogens is 2. The Morgan fingerprint density at radius 3 is 2.72 bits per heavy atom. The fraction of sp³-hybridized carbons (Fsp3) is 0.375. The number of hydrogen-bond acceptors (Lipinski definition) is 6. The molecular formula is C24H26ClN3O3S. The van der Waals surface area contributed by atoms with Gasteiger partial charge >= 0.3 is 0 Å². The lowest BCUT2D eigenvalue weighted by Crippen LogP contribution is -2.37. The number of morpholine rings is 1. The fourth-order valence-corrected chi connectivity index (χ4v) is 5.00. The van der Waals surface area contributed by atoms with E-state index in [0.717, 1.165) is 39.3 Å². The summed E-state index contributed by atoms with van der Waals surface area (Å²) in [6, 6.07) is 14.3. The van der Waals surface area contributed by atoms with Crippen LogP contribution < -0.4 is 5.56 Å². The molecule has 1 fully saturated rings. The lowest BCUT2D eigenvalue weighted by molar-refractivity contribution is 0.0368. The summed E-state index contributed by atoms with van der Waals surface area (Å²) in [5.74, 6) is -0.0419. The molecule has 1 aliphatic rings. The van der Waals surface area contributed by atoms with E-state index >= 15 is 0 Å². The predicted molar refractivity (Wildman–Crippen MR) is 129 cm³/mol. The number of ketones is 1. The highest BCUT2D eigenvalue weighted by Crippen LogP contribution is 2.26. The second-order valence-corrected chi connectivity index (χ2v) is 9.55. The van der Waals surface area contributed by atoms with Crippen LogP contribution >= 0.6 is 23.4 Å². The van der Waals surface area contributed by atoms with Crippen molar-refractivity contribution in [3.8, 4) is 0 Å². The number of carbonyl (C=O) groups excluding carboxylic acids is 1. The van der Waals surface area contributed by atoms with Crippen LogP contribution in [0.1, 0.15) is 23.7 Å². The Bertz CT molecular complexity index is 1160. The van der Waals surface area contributed by atoms with Crippen molar-refractivity contribution in [1.82, 2.24) is 14.5 Å². The van der Waals surface area contributed by atoms with Crippen LogP contribution in [-0.2, 0) is 11.3 Å². The lowest BCUT2D eigenvalue weighted by atomic mass is 10.1. The molecule has 168 valence electrons. The number of Topliss-reactive ketones (excluding diaryl/α,β-unsaturated/α-hetero) is 1. The number of ether oxygens (including phenoxy) is 1. The standard InChI is InChI=1S/C24H26ClN3O3S/c1-17(22(29)18-6-4-7-19(25)16-18)32-24-26-21-9-3-2-8-20(21)23(30)28(24)11-5-10-27-12-14-31-15-13-27/h2-4,6-9,16-17H,5,10-15H2,1H3. The van der Waals surface area contributed by atoms with E-state index in [1.165, 1.54) is 11.8 Å². The maximum absolute atomic E-state index is 13.3. The molecule has 2 aromatic carbocycles. The Morgan fingerprint density at radius 2 is 1.94 bits per heavy atom. The van der Waals surface area contributed by atoms with Crippen molar-refractivity contribution in [2.24, 2.45) is 0 Å². The highest BCUT2D eigenvalue weighted by molar-refractivity contribution is 8.00. The first-order valence-corrected chi connectivity index (χ1v) is 12.0. The number of carbonyl (C=O) groups is 1. The summed E-state index contributed by atoms with van der Waals surface area (Å²) in [5, 5.41) is 1.28. The Morgan fingerprint density at radius 1 is 1.16 bits per heavy atom. The van der Waals surface area contributed by atoms with Gasteiger partial charge in [-0.1, -0.05) is 47.6 Å². The van der Waals surface area contributed by atoms with Crippen molar-refractivity contribution in [2.75, 3.05) is 32.8 Å². The van der Waals surface area contributed by atoms with Crippen LogP contribution in [0.5, 0.6) is 0 Å². The monoisotopic (exact) mass is 471 g/mol. The normalized spacial score (nSPS) is 15.7. The van der Waals surface area contributed by atoms with Crippen molar-refractivity contribution >= 4 is 40.0 Å². The van der Waals surface area contributed by atoms with Gasteiger partial charge in [0, 0.05) is 36.8 Å². The quantitative estimate of drug-likeness (QED) is 0.279. The third-order valence-corrected chi connectivity index (χ3v) is 6.87. The SMILES string of the molecule is CC(Sc1nc2ccccc2c(=O)n1CCCN1CCOCC1)C(=O)c1cccc(Cl)c1. The van der Waals surface area contributed by atoms with Crippen LogP contribution in [0.25, 0.3) is 10.9 Å². The smallest absolute Gasteiger partial charge is 0.262 e. The molecule has 0 saturated carbocycles. The first kappa shape index (κ1) is 23.0. The van der Waals surface area contributed by atoms with Gasteiger partial charge in [0.15, 0.2) is 10.9 Å². The van der Waals surface area contributed by atoms with Crippen molar-refractivity contribution < 1.29 is 9.53 Å². The minimum absolute atomic E-state index is 0.0419. The van der Waals surface area contributed by atoms with E-state index in [2.05, 4.69) is 4.90 Å². The van der Waals surface area contributed by atoms with Crippen molar-refractivity contribution in [1.29, 1.82) is 0 Å². The van der Waals surface area contributed by atoms with Gasteiger partial charge in [-0.2, -0.15) is 0 Å². The molecule has 1 atom stereocenters. The Balaban J connectivity index is 1.57. The molecule has 0 radical (unpaired) electrons. The topological polar surface area (TPSA) is 64.4 Å². The molecule has 0 N–H and O–H groups in total. The van der Waals surface area contributed by atoms with Crippen molar-refractivity contribution in [3.63, 3.8) is 0 Å². The molecule has 1 aromatic heterocycles. The van der Waals surface area contributed by atoms with Crippen molar-refractivity contribution in [2.45, 2.75) is 30.3 Å². The summed E-state index contributed by atoms with van der Waals surface area (Å²) in [4.78, 5) is 33.3. The highest BCUT2D eigenvalue weighted by atomic mass is 35.5. The van der Waals surface area contributed by atoms with Crippen LogP contribution in [0.3, 0.4) is 0 Å². The van der Waals surface area contributed by atoms with Gasteiger partial charge in [-0.15, -0.1) is 0 Å². The number of rotatable bonds is 8. The van der Waals surface area contributed by atoms with E-state index in [9.17, 15) is 9.59 Å². The Labute approximate surface area is 196 Å². The van der Waals surface area contributed by atoms with Gasteiger partial charge < -0.3 is 4.74 Å². The third kappa shape index (κ3) is 5.41. The molecule has 8 heteroatoms. The first-order chi connectivity index (χ1) is 15.5. The van der Waals surface area contributed by atoms with Gasteiger partial charge in [0.25, 0.3) is 5.56 Å². The average Bonchev–Trinajstić information content (AvgIpc) is 2.81. The molecule has 2 heterocycles. The fourth-order valence-electron chi connectivity index (χ4n) is 3.80. The second-order valence-electron chi connectivity index (χ2n) is 7.81. The maximum atomic E-state index is 13.3. The van der Waals surface area contributed by atoms with E-state index in [1.807, 2.05) is 25.1 Å². The number of hydrogen-bond donors (Lipinski definition) is 0. The first-order valence-electron chi connectivity index (χ1n) is 10.8. The van der Waals surface area contributed by atoms with Crippen LogP contribution in [0.15, 0.2) is 58.5 Å². The van der Waals surface area contributed by atoms with Gasteiger partial charge in [0.05, 0.1) is 29.4 Å². The molecule has 0 bridgehead atoms. The van der Waals surface area contributed by atoms with Gasteiger partial charge in [-0.05, 0) is 37.6 Å². The molecule has 1 saturated heterocycles. The maximum Gasteiger partial charge on any atom is 0.262 e. The van der Waals surface area contributed by atoms with E-state index in [1.54, 1.807) is 34.9 Å². The van der Waals surface area contributed by atoms with E-state index in [0.29, 0.717) is 33.2 Å². The Kier molecular flexibility index (Phi) is 7.63. The zero-order valence-corrected chi connectivity index (χ0v) is 19.6. The van der Waals surface area contributed by atoms with E-state index in [-0.39, 0.29) is 11.3 Å². The van der Waals surface area contributed by atoms with Crippen LogP contribution in [0, 0.1) is 0 Å². The summed E-state index contributed by atoms with van der Waals surface area (Å²) in [6.07, 6.45) is 0.824. The minimum Gasteiger partial charge on any atom is -0.379 e. The van der Waals surface area contributed by atoms with Gasteiger partial charge in [-0.25, -0.2) is 4.98 Å². The van der Waals surface area contributed by atoms with Gasteiger partial charge in [0.1, 0.15) is 0 Å². The van der Waals surface area contributed by atoms with Crippen molar-refractivity contribution in [3.05, 3.63) is 69.5 Å². The Hall–Kier alpha value is -2.19. The predicted octanol–water partition coefficient (Wildman–Crippen LogP) is 4.14. The number of benzene rings is 2. The second kappa shape index (κ2) is 10.6. The summed E-state index contributed by atoms with van der Waals surface area (Å²) >= 11 is 7.38. The zero-order chi connectivity index (χ0) is 22.5. The summed E-state index contributed by atoms with van der Waals surface area (Å²) in [5.41, 5.74) is 1.13. The molecule has 32 heavy (non-hydrogen) atoms. The number of halogens is 1. The summed E-state index contributed by atoms with van der Waals surface area (Å²) in [6.45, 7) is 6.62. The van der Waals surface area contributed by atoms with Gasteiger partial charge in [-0.3, -0.25) is 19.1 Å². The minimum atomic E-state index is -0.410. The molecule has 3 aromatic rings. The number of thioether (sulfide) groups is 1. The van der Waals surface area contributed by atoms with Crippen LogP contribution in [0.4, 0.5) is 0 Å². The summed E-state index contributed by atoms with van der Waals surface area (Å²) < 4.78 is 7.13. The van der Waals surface area contributed by atoms with Crippen LogP contribution in [-0.4, -0.2) is 58.3 Å².